The standard InChI is InChI=1S/C7H4Cl2F3O2P/c8-15(9,13)14-6-3-1-5(2-4-6)7(10,11)12/h1-4H. The molecule has 8 heteroatoms. The number of benzene rings is 1. The maximum Gasteiger partial charge on any atom is 0.428 e. The second-order valence-electron chi connectivity index (χ2n) is 2.53. The van der Waals surface area contributed by atoms with E-state index < -0.39 is 17.8 Å². The number of halogens is 5. The Morgan fingerprint density at radius 2 is 1.60 bits per heavy atom. The molecule has 0 radical (unpaired) electrons. The van der Waals surface area contributed by atoms with Gasteiger partial charge < -0.3 is 4.52 Å². The van der Waals surface area contributed by atoms with Gasteiger partial charge in [0.1, 0.15) is 5.75 Å². The maximum absolute atomic E-state index is 12.1. The Morgan fingerprint density at radius 3 is 1.93 bits per heavy atom. The van der Waals surface area contributed by atoms with Crippen molar-refractivity contribution in [3.8, 4) is 5.75 Å². The molecule has 84 valence electrons. The SMILES string of the molecule is O=P(Cl)(Cl)Oc1ccc(C(F)(F)F)cc1. The van der Waals surface area contributed by atoms with E-state index in [2.05, 4.69) is 4.52 Å². The minimum absolute atomic E-state index is 0.0867. The zero-order valence-electron chi connectivity index (χ0n) is 6.96. The molecule has 0 N–H and O–H groups in total. The van der Waals surface area contributed by atoms with E-state index in [0.29, 0.717) is 0 Å². The highest BCUT2D eigenvalue weighted by atomic mass is 35.9. The molecule has 15 heavy (non-hydrogen) atoms. The van der Waals surface area contributed by atoms with Gasteiger partial charge >= 0.3 is 12.3 Å². The lowest BCUT2D eigenvalue weighted by molar-refractivity contribution is -0.137. The predicted molar refractivity (Wildman–Crippen MR) is 51.4 cm³/mol. The predicted octanol–water partition coefficient (Wildman–Crippen LogP) is 4.67. The molecule has 0 aliphatic rings. The number of alkyl halides is 3. The van der Waals surface area contributed by atoms with Crippen molar-refractivity contribution in [1.82, 2.24) is 0 Å². The van der Waals surface area contributed by atoms with E-state index in [0.717, 1.165) is 24.3 Å². The van der Waals surface area contributed by atoms with Crippen LogP contribution in [0.4, 0.5) is 13.2 Å². The first-order chi connectivity index (χ1) is 6.68. The lowest BCUT2D eigenvalue weighted by Gasteiger charge is -2.08. The Bertz CT molecular complexity index is 384. The average molecular weight is 279 g/mol. The first-order valence-electron chi connectivity index (χ1n) is 3.55. The Balaban J connectivity index is 2.87. The van der Waals surface area contributed by atoms with Gasteiger partial charge in [-0.2, -0.15) is 13.2 Å². The minimum Gasteiger partial charge on any atom is -0.422 e. The lowest BCUT2D eigenvalue weighted by atomic mass is 10.2. The van der Waals surface area contributed by atoms with Crippen molar-refractivity contribution in [2.45, 2.75) is 6.18 Å². The van der Waals surface area contributed by atoms with Gasteiger partial charge in [-0.1, -0.05) is 0 Å². The topological polar surface area (TPSA) is 26.3 Å². The van der Waals surface area contributed by atoms with Gasteiger partial charge in [0.05, 0.1) is 5.56 Å². The van der Waals surface area contributed by atoms with Gasteiger partial charge in [0.25, 0.3) is 0 Å². The fourth-order valence-electron chi connectivity index (χ4n) is 0.827. The van der Waals surface area contributed by atoms with Crippen molar-refractivity contribution < 1.29 is 22.3 Å². The fourth-order valence-corrected chi connectivity index (χ4v) is 1.67. The first kappa shape index (κ1) is 12.7. The summed E-state index contributed by atoms with van der Waals surface area (Å²) in [5.74, 6) is -0.0867. The molecule has 0 bridgehead atoms. The fraction of sp³-hybridized carbons (Fsp3) is 0.143. The van der Waals surface area contributed by atoms with Crippen LogP contribution in [-0.4, -0.2) is 0 Å². The summed E-state index contributed by atoms with van der Waals surface area (Å²) in [6.45, 7) is 0. The molecule has 0 heterocycles. The van der Waals surface area contributed by atoms with Crippen LogP contribution in [-0.2, 0) is 10.7 Å². The van der Waals surface area contributed by atoms with Crippen LogP contribution in [0.3, 0.4) is 0 Å². The van der Waals surface area contributed by atoms with Gasteiger partial charge in [0, 0.05) is 22.5 Å². The van der Waals surface area contributed by atoms with E-state index in [9.17, 15) is 17.7 Å². The van der Waals surface area contributed by atoms with Crippen LogP contribution >= 0.6 is 28.6 Å². The van der Waals surface area contributed by atoms with Crippen molar-refractivity contribution in [3.05, 3.63) is 29.8 Å². The molecule has 1 rings (SSSR count). The molecule has 0 aliphatic carbocycles. The van der Waals surface area contributed by atoms with Gasteiger partial charge in [-0.25, -0.2) is 4.57 Å². The zero-order chi connectivity index (χ0) is 11.7. The van der Waals surface area contributed by atoms with E-state index >= 15 is 0 Å². The summed E-state index contributed by atoms with van der Waals surface area (Å²) < 4.78 is 51.6. The zero-order valence-corrected chi connectivity index (χ0v) is 9.37. The van der Waals surface area contributed by atoms with Gasteiger partial charge in [-0.05, 0) is 24.3 Å². The highest BCUT2D eigenvalue weighted by Crippen LogP contribution is 2.57. The van der Waals surface area contributed by atoms with Crippen LogP contribution in [0.1, 0.15) is 5.56 Å². The minimum atomic E-state index is -4.43. The number of rotatable bonds is 2. The molecule has 0 amide bonds. The molecular formula is C7H4Cl2F3O2P. The summed E-state index contributed by atoms with van der Waals surface area (Å²) in [5.41, 5.74) is -0.839. The summed E-state index contributed by atoms with van der Waals surface area (Å²) in [5, 5.41) is 0. The smallest absolute Gasteiger partial charge is 0.422 e. The molecule has 0 unspecified atom stereocenters. The number of hydrogen-bond acceptors (Lipinski definition) is 2. The van der Waals surface area contributed by atoms with Crippen LogP contribution in [0.15, 0.2) is 24.3 Å². The third-order valence-corrected chi connectivity index (χ3v) is 2.23. The van der Waals surface area contributed by atoms with Crippen LogP contribution in [0.5, 0.6) is 5.75 Å². The van der Waals surface area contributed by atoms with Crippen molar-refractivity contribution in [1.29, 1.82) is 0 Å². The highest BCUT2D eigenvalue weighted by molar-refractivity contribution is 8.05. The normalized spacial score (nSPS) is 12.6. The van der Waals surface area contributed by atoms with Crippen LogP contribution in [0.2, 0.25) is 0 Å². The molecule has 1 aromatic carbocycles. The largest absolute Gasteiger partial charge is 0.428 e. The second kappa shape index (κ2) is 4.24. The van der Waals surface area contributed by atoms with Crippen molar-refractivity contribution in [3.63, 3.8) is 0 Å². The van der Waals surface area contributed by atoms with E-state index in [1.54, 1.807) is 0 Å². The summed E-state index contributed by atoms with van der Waals surface area (Å²) >= 11 is 10.1. The molecule has 0 saturated heterocycles. The lowest BCUT2D eigenvalue weighted by Crippen LogP contribution is -2.03. The molecular weight excluding hydrogens is 275 g/mol. The Kier molecular flexibility index (Phi) is 3.59. The quantitative estimate of drug-likeness (QED) is 0.735. The van der Waals surface area contributed by atoms with Crippen LogP contribution in [0, 0.1) is 0 Å². The van der Waals surface area contributed by atoms with E-state index in [1.807, 2.05) is 0 Å². The van der Waals surface area contributed by atoms with Crippen LogP contribution < -0.4 is 4.52 Å². The molecule has 2 nitrogen and oxygen atoms in total. The molecule has 0 saturated carbocycles. The Labute approximate surface area is 93.0 Å². The average Bonchev–Trinajstić information content (AvgIpc) is 2.00. The van der Waals surface area contributed by atoms with E-state index in [1.165, 1.54) is 0 Å². The van der Waals surface area contributed by atoms with Gasteiger partial charge in [0.2, 0.25) is 0 Å². The maximum atomic E-state index is 12.1. The van der Waals surface area contributed by atoms with E-state index in [4.69, 9.17) is 22.5 Å². The third-order valence-electron chi connectivity index (χ3n) is 1.39. The Hall–Kier alpha value is -0.380. The second-order valence-corrected chi connectivity index (χ2v) is 6.73. The summed E-state index contributed by atoms with van der Waals surface area (Å²) in [6.07, 6.45) is -8.21. The van der Waals surface area contributed by atoms with Gasteiger partial charge in [-0.15, -0.1) is 0 Å². The monoisotopic (exact) mass is 278 g/mol. The molecule has 0 atom stereocenters. The molecule has 0 fully saturated rings. The molecule has 0 spiro atoms. The Morgan fingerprint density at radius 1 is 1.13 bits per heavy atom. The third kappa shape index (κ3) is 4.33. The summed E-state index contributed by atoms with van der Waals surface area (Å²) in [6, 6.07) is 3.53. The molecule has 0 aliphatic heterocycles. The van der Waals surface area contributed by atoms with Crippen molar-refractivity contribution in [2.24, 2.45) is 0 Å². The van der Waals surface area contributed by atoms with Crippen LogP contribution in [0.25, 0.3) is 0 Å². The van der Waals surface area contributed by atoms with Crippen molar-refractivity contribution in [2.75, 3.05) is 0 Å². The van der Waals surface area contributed by atoms with E-state index in [-0.39, 0.29) is 5.75 Å². The molecule has 1 aromatic rings. The highest BCUT2D eigenvalue weighted by Gasteiger charge is 2.30. The first-order valence-corrected chi connectivity index (χ1v) is 6.98. The van der Waals surface area contributed by atoms with Gasteiger partial charge in [-0.3, -0.25) is 0 Å². The summed E-state index contributed by atoms with van der Waals surface area (Å²) in [7, 11) is 0. The number of hydrogen-bond donors (Lipinski definition) is 0. The summed E-state index contributed by atoms with van der Waals surface area (Å²) in [4.78, 5) is 0. The van der Waals surface area contributed by atoms with Gasteiger partial charge in [0.15, 0.2) is 0 Å². The van der Waals surface area contributed by atoms with Crippen molar-refractivity contribution >= 4 is 28.6 Å². The molecule has 0 aromatic heterocycles.